The molecular weight excluding hydrogens is 357 g/mol. The molecule has 0 fully saturated rings. The summed E-state index contributed by atoms with van der Waals surface area (Å²) in [6.45, 7) is 0.463. The lowest BCUT2D eigenvalue weighted by molar-refractivity contribution is -0.119. The van der Waals surface area contributed by atoms with Gasteiger partial charge in [-0.15, -0.1) is 0 Å². The third kappa shape index (κ3) is 5.03. The molecule has 6 nitrogen and oxygen atoms in total. The van der Waals surface area contributed by atoms with Crippen molar-refractivity contribution < 1.29 is 17.6 Å². The van der Waals surface area contributed by atoms with E-state index in [1.54, 1.807) is 18.2 Å². The Balaban J connectivity index is 2.32. The van der Waals surface area contributed by atoms with Gasteiger partial charge in [-0.1, -0.05) is 30.3 Å². The molecule has 26 heavy (non-hydrogen) atoms. The van der Waals surface area contributed by atoms with Crippen molar-refractivity contribution in [2.75, 3.05) is 38.0 Å². The Kier molecular flexibility index (Phi) is 6.70. The Morgan fingerprint density at radius 2 is 1.65 bits per heavy atom. The Morgan fingerprint density at radius 1 is 1.04 bits per heavy atom. The molecule has 2 aromatic rings. The number of hydrogen-bond donors (Lipinski definition) is 1. The van der Waals surface area contributed by atoms with Crippen LogP contribution in [0.25, 0.3) is 0 Å². The van der Waals surface area contributed by atoms with Crippen molar-refractivity contribution in [2.24, 2.45) is 0 Å². The van der Waals surface area contributed by atoms with Crippen LogP contribution in [-0.4, -0.2) is 53.0 Å². The van der Waals surface area contributed by atoms with Crippen LogP contribution in [0.2, 0.25) is 0 Å². The number of nitrogens with one attached hydrogen (secondary N) is 1. The molecule has 0 saturated carbocycles. The van der Waals surface area contributed by atoms with Gasteiger partial charge in [0.1, 0.15) is 12.4 Å². The van der Waals surface area contributed by atoms with Gasteiger partial charge in [0, 0.05) is 13.1 Å². The number of likely N-dealkylation sites (N-methyl/N-ethyl adjacent to an activating group) is 1. The maximum absolute atomic E-state index is 14.2. The van der Waals surface area contributed by atoms with Crippen molar-refractivity contribution in [2.45, 2.75) is 4.90 Å². The molecule has 2 aromatic carbocycles. The molecule has 0 atom stereocenters. The summed E-state index contributed by atoms with van der Waals surface area (Å²) in [5.74, 6) is -1.22. The highest BCUT2D eigenvalue weighted by Crippen LogP contribution is 2.25. The molecule has 0 aliphatic rings. The largest absolute Gasteiger partial charge is 0.353 e. The molecule has 1 N–H and O–H groups in total. The summed E-state index contributed by atoms with van der Waals surface area (Å²) in [4.78, 5) is 14.1. The summed E-state index contributed by atoms with van der Waals surface area (Å²) in [7, 11) is -0.373. The highest BCUT2D eigenvalue weighted by Gasteiger charge is 2.28. The number of carbonyl (C=O) groups is 1. The third-order valence-electron chi connectivity index (χ3n) is 3.62. The average molecular weight is 379 g/mol. The van der Waals surface area contributed by atoms with Gasteiger partial charge in [-0.2, -0.15) is 0 Å². The van der Waals surface area contributed by atoms with Crippen LogP contribution in [0.5, 0.6) is 0 Å². The molecule has 140 valence electrons. The van der Waals surface area contributed by atoms with Gasteiger partial charge in [0.05, 0.1) is 10.6 Å². The van der Waals surface area contributed by atoms with E-state index in [4.69, 9.17) is 0 Å². The standard InChI is InChI=1S/C18H22FN3O3S/c1-21(2)13-12-20-18(23)14-22(17-11-7-6-10-16(17)19)26(24,25)15-8-4-3-5-9-15/h3-11H,12-14H2,1-2H3,(H,20,23). The molecule has 0 aromatic heterocycles. The number of para-hydroxylation sites is 1. The van der Waals surface area contributed by atoms with Gasteiger partial charge in [-0.3, -0.25) is 9.10 Å². The van der Waals surface area contributed by atoms with Gasteiger partial charge in [-0.05, 0) is 38.4 Å². The Hall–Kier alpha value is -2.45. The third-order valence-corrected chi connectivity index (χ3v) is 5.39. The predicted molar refractivity (Wildman–Crippen MR) is 98.9 cm³/mol. The number of benzene rings is 2. The second-order valence-corrected chi connectivity index (χ2v) is 7.79. The summed E-state index contributed by atoms with van der Waals surface area (Å²) < 4.78 is 41.0. The summed E-state index contributed by atoms with van der Waals surface area (Å²) in [6, 6.07) is 13.1. The molecule has 0 spiro atoms. The molecule has 0 bridgehead atoms. The molecule has 0 aliphatic carbocycles. The zero-order valence-electron chi connectivity index (χ0n) is 14.7. The zero-order chi connectivity index (χ0) is 19.2. The summed E-state index contributed by atoms with van der Waals surface area (Å²) in [5, 5.41) is 2.65. The summed E-state index contributed by atoms with van der Waals surface area (Å²) in [6.07, 6.45) is 0. The number of hydrogen-bond acceptors (Lipinski definition) is 4. The normalized spacial score (nSPS) is 11.4. The second-order valence-electron chi connectivity index (χ2n) is 5.93. The minimum atomic E-state index is -4.09. The van der Waals surface area contributed by atoms with E-state index in [1.807, 2.05) is 19.0 Å². The summed E-state index contributed by atoms with van der Waals surface area (Å²) in [5.41, 5.74) is -0.167. The number of anilines is 1. The maximum atomic E-state index is 14.2. The molecule has 0 aliphatic heterocycles. The van der Waals surface area contributed by atoms with Crippen LogP contribution in [-0.2, 0) is 14.8 Å². The average Bonchev–Trinajstić information content (AvgIpc) is 2.61. The number of amides is 1. The highest BCUT2D eigenvalue weighted by molar-refractivity contribution is 7.92. The van der Waals surface area contributed by atoms with Crippen molar-refractivity contribution in [3.8, 4) is 0 Å². The van der Waals surface area contributed by atoms with Crippen molar-refractivity contribution in [3.63, 3.8) is 0 Å². The lowest BCUT2D eigenvalue weighted by Crippen LogP contribution is -2.42. The number of rotatable bonds is 8. The van der Waals surface area contributed by atoms with Crippen LogP contribution in [0.3, 0.4) is 0 Å². The van der Waals surface area contributed by atoms with Gasteiger partial charge >= 0.3 is 0 Å². The van der Waals surface area contributed by atoms with Crippen molar-refractivity contribution in [1.82, 2.24) is 10.2 Å². The van der Waals surface area contributed by atoms with Crippen LogP contribution in [0.15, 0.2) is 59.5 Å². The first kappa shape index (κ1) is 19.9. The smallest absolute Gasteiger partial charge is 0.264 e. The monoisotopic (exact) mass is 379 g/mol. The van der Waals surface area contributed by atoms with Crippen LogP contribution in [0.1, 0.15) is 0 Å². The van der Waals surface area contributed by atoms with Gasteiger partial charge in [-0.25, -0.2) is 12.8 Å². The van der Waals surface area contributed by atoms with Crippen LogP contribution < -0.4 is 9.62 Å². The quantitative estimate of drug-likeness (QED) is 0.758. The van der Waals surface area contributed by atoms with E-state index < -0.39 is 28.3 Å². The predicted octanol–water partition coefficient (Wildman–Crippen LogP) is 1.70. The molecule has 0 unspecified atom stereocenters. The number of nitrogens with zero attached hydrogens (tertiary/aromatic N) is 2. The van der Waals surface area contributed by atoms with E-state index in [9.17, 15) is 17.6 Å². The van der Waals surface area contributed by atoms with Crippen molar-refractivity contribution in [1.29, 1.82) is 0 Å². The Bertz CT molecular complexity index is 842. The summed E-state index contributed by atoms with van der Waals surface area (Å²) >= 11 is 0. The number of carbonyl (C=O) groups excluding carboxylic acids is 1. The lowest BCUT2D eigenvalue weighted by atomic mass is 10.3. The molecular formula is C18H22FN3O3S. The first-order chi connectivity index (χ1) is 12.3. The van der Waals surface area contributed by atoms with Gasteiger partial charge in [0.2, 0.25) is 5.91 Å². The van der Waals surface area contributed by atoms with Crippen LogP contribution in [0.4, 0.5) is 10.1 Å². The molecule has 0 saturated heterocycles. The fraction of sp³-hybridized carbons (Fsp3) is 0.278. The van der Waals surface area contributed by atoms with Gasteiger partial charge < -0.3 is 10.2 Å². The molecule has 0 heterocycles. The number of halogens is 1. The Labute approximate surface area is 153 Å². The zero-order valence-corrected chi connectivity index (χ0v) is 15.5. The van der Waals surface area contributed by atoms with Gasteiger partial charge in [0.15, 0.2) is 0 Å². The van der Waals surface area contributed by atoms with Crippen LogP contribution >= 0.6 is 0 Å². The van der Waals surface area contributed by atoms with E-state index >= 15 is 0 Å². The minimum absolute atomic E-state index is 0.00987. The van der Waals surface area contributed by atoms with E-state index in [0.717, 1.165) is 10.4 Å². The van der Waals surface area contributed by atoms with E-state index in [1.165, 1.54) is 30.3 Å². The topological polar surface area (TPSA) is 69.7 Å². The molecule has 1 amide bonds. The molecule has 2 rings (SSSR count). The number of sulfonamides is 1. The highest BCUT2D eigenvalue weighted by atomic mass is 32.2. The van der Waals surface area contributed by atoms with Gasteiger partial charge in [0.25, 0.3) is 10.0 Å². The molecule has 8 heteroatoms. The first-order valence-electron chi connectivity index (χ1n) is 8.06. The van der Waals surface area contributed by atoms with Crippen molar-refractivity contribution in [3.05, 3.63) is 60.4 Å². The fourth-order valence-corrected chi connectivity index (χ4v) is 3.73. The van der Waals surface area contributed by atoms with Crippen molar-refractivity contribution >= 4 is 21.6 Å². The fourth-order valence-electron chi connectivity index (χ4n) is 2.28. The minimum Gasteiger partial charge on any atom is -0.353 e. The Morgan fingerprint density at radius 3 is 2.27 bits per heavy atom. The van der Waals surface area contributed by atoms with E-state index in [2.05, 4.69) is 5.32 Å². The SMILES string of the molecule is CN(C)CCNC(=O)CN(c1ccccc1F)S(=O)(=O)c1ccccc1. The maximum Gasteiger partial charge on any atom is 0.264 e. The molecule has 0 radical (unpaired) electrons. The van der Waals surface area contributed by atoms with E-state index in [0.29, 0.717) is 13.1 Å². The van der Waals surface area contributed by atoms with Crippen LogP contribution in [0, 0.1) is 5.82 Å². The first-order valence-corrected chi connectivity index (χ1v) is 9.50. The lowest BCUT2D eigenvalue weighted by Gasteiger charge is -2.24. The second kappa shape index (κ2) is 8.77. The van der Waals surface area contributed by atoms with E-state index in [-0.39, 0.29) is 10.6 Å².